The minimum absolute atomic E-state index is 0.0730. The summed E-state index contributed by atoms with van der Waals surface area (Å²) in [5.74, 6) is -1.12. The SMILES string of the molecule is Cc1ccccc1C(Sc1ccc(F)cc1F)C(C)N. The van der Waals surface area contributed by atoms with E-state index in [4.69, 9.17) is 5.73 Å². The minimum Gasteiger partial charge on any atom is -0.327 e. The van der Waals surface area contributed by atoms with Gasteiger partial charge >= 0.3 is 0 Å². The Balaban J connectivity index is 2.33. The zero-order chi connectivity index (χ0) is 14.7. The molecular formula is C16H17F2NS. The summed E-state index contributed by atoms with van der Waals surface area (Å²) < 4.78 is 26.7. The largest absolute Gasteiger partial charge is 0.327 e. The fraction of sp³-hybridized carbons (Fsp3) is 0.250. The molecule has 2 atom stereocenters. The number of rotatable bonds is 4. The summed E-state index contributed by atoms with van der Waals surface area (Å²) in [7, 11) is 0. The van der Waals surface area contributed by atoms with Gasteiger partial charge in [0.2, 0.25) is 0 Å². The summed E-state index contributed by atoms with van der Waals surface area (Å²) in [6.45, 7) is 3.90. The van der Waals surface area contributed by atoms with E-state index in [1.165, 1.54) is 23.9 Å². The molecule has 0 saturated heterocycles. The summed E-state index contributed by atoms with van der Waals surface area (Å²) in [6.07, 6.45) is 0. The van der Waals surface area contributed by atoms with Crippen LogP contribution >= 0.6 is 11.8 Å². The topological polar surface area (TPSA) is 26.0 Å². The van der Waals surface area contributed by atoms with Crippen molar-refractivity contribution in [1.29, 1.82) is 0 Å². The van der Waals surface area contributed by atoms with Crippen LogP contribution in [0.15, 0.2) is 47.4 Å². The van der Waals surface area contributed by atoms with Crippen molar-refractivity contribution >= 4 is 11.8 Å². The molecule has 2 aromatic rings. The smallest absolute Gasteiger partial charge is 0.139 e. The summed E-state index contributed by atoms with van der Waals surface area (Å²) in [5.41, 5.74) is 8.24. The van der Waals surface area contributed by atoms with Crippen LogP contribution in [0, 0.1) is 18.6 Å². The van der Waals surface area contributed by atoms with Crippen LogP contribution in [0.25, 0.3) is 0 Å². The number of aryl methyl sites for hydroxylation is 1. The lowest BCUT2D eigenvalue weighted by Crippen LogP contribution is -2.23. The Kier molecular flexibility index (Phi) is 4.78. The van der Waals surface area contributed by atoms with Crippen LogP contribution in [0.2, 0.25) is 0 Å². The Bertz CT molecular complexity index is 599. The maximum atomic E-state index is 13.8. The lowest BCUT2D eigenvalue weighted by Gasteiger charge is -2.22. The fourth-order valence-corrected chi connectivity index (χ4v) is 3.27. The number of nitrogens with two attached hydrogens (primary N) is 1. The zero-order valence-electron chi connectivity index (χ0n) is 11.4. The highest BCUT2D eigenvalue weighted by Crippen LogP contribution is 2.39. The van der Waals surface area contributed by atoms with Crippen molar-refractivity contribution in [3.63, 3.8) is 0 Å². The van der Waals surface area contributed by atoms with Gasteiger partial charge in [0, 0.05) is 22.3 Å². The molecule has 2 unspecified atom stereocenters. The molecule has 0 fully saturated rings. The molecule has 0 aliphatic carbocycles. The van der Waals surface area contributed by atoms with E-state index in [0.29, 0.717) is 4.90 Å². The molecule has 0 heterocycles. The van der Waals surface area contributed by atoms with Crippen molar-refractivity contribution in [3.05, 3.63) is 65.2 Å². The van der Waals surface area contributed by atoms with Crippen LogP contribution < -0.4 is 5.73 Å². The van der Waals surface area contributed by atoms with E-state index < -0.39 is 11.6 Å². The van der Waals surface area contributed by atoms with Crippen LogP contribution in [0.4, 0.5) is 8.78 Å². The van der Waals surface area contributed by atoms with Crippen molar-refractivity contribution in [1.82, 2.24) is 0 Å². The number of hydrogen-bond acceptors (Lipinski definition) is 2. The molecule has 0 saturated carbocycles. The van der Waals surface area contributed by atoms with Gasteiger partial charge < -0.3 is 5.73 Å². The first-order chi connectivity index (χ1) is 9.49. The van der Waals surface area contributed by atoms with Crippen molar-refractivity contribution in [2.45, 2.75) is 30.0 Å². The summed E-state index contributed by atoms with van der Waals surface area (Å²) in [6, 6.07) is 11.4. The Labute approximate surface area is 122 Å². The Morgan fingerprint density at radius 3 is 2.40 bits per heavy atom. The van der Waals surface area contributed by atoms with E-state index in [-0.39, 0.29) is 11.3 Å². The highest BCUT2D eigenvalue weighted by atomic mass is 32.2. The van der Waals surface area contributed by atoms with Gasteiger partial charge in [0.25, 0.3) is 0 Å². The third-order valence-electron chi connectivity index (χ3n) is 3.12. The Hall–Kier alpha value is -1.39. The molecule has 2 aromatic carbocycles. The van der Waals surface area contributed by atoms with Crippen LogP contribution in [0.5, 0.6) is 0 Å². The minimum atomic E-state index is -0.569. The number of halogens is 2. The molecule has 2 N–H and O–H groups in total. The van der Waals surface area contributed by atoms with Crippen LogP contribution in [0.3, 0.4) is 0 Å². The third-order valence-corrected chi connectivity index (χ3v) is 4.64. The van der Waals surface area contributed by atoms with Crippen LogP contribution in [-0.2, 0) is 0 Å². The molecule has 0 spiro atoms. The molecule has 1 nitrogen and oxygen atoms in total. The molecule has 0 amide bonds. The maximum absolute atomic E-state index is 13.8. The van der Waals surface area contributed by atoms with Gasteiger partial charge in [-0.05, 0) is 37.1 Å². The van der Waals surface area contributed by atoms with Gasteiger partial charge in [-0.2, -0.15) is 0 Å². The highest BCUT2D eigenvalue weighted by Gasteiger charge is 2.21. The monoisotopic (exact) mass is 293 g/mol. The van der Waals surface area contributed by atoms with Gasteiger partial charge in [-0.25, -0.2) is 8.78 Å². The van der Waals surface area contributed by atoms with Gasteiger partial charge in [-0.3, -0.25) is 0 Å². The van der Waals surface area contributed by atoms with Gasteiger partial charge in [0.05, 0.1) is 0 Å². The molecular weight excluding hydrogens is 276 g/mol. The van der Waals surface area contributed by atoms with Gasteiger partial charge in [-0.1, -0.05) is 24.3 Å². The molecule has 2 rings (SSSR count). The van der Waals surface area contributed by atoms with Gasteiger partial charge in [0.15, 0.2) is 0 Å². The lowest BCUT2D eigenvalue weighted by atomic mass is 10.0. The molecule has 106 valence electrons. The summed E-state index contributed by atoms with van der Waals surface area (Å²) in [4.78, 5) is 0.414. The van der Waals surface area contributed by atoms with E-state index >= 15 is 0 Å². The van der Waals surface area contributed by atoms with Gasteiger partial charge in [-0.15, -0.1) is 11.8 Å². The van der Waals surface area contributed by atoms with E-state index in [2.05, 4.69) is 0 Å². The highest BCUT2D eigenvalue weighted by molar-refractivity contribution is 7.99. The number of thioether (sulfide) groups is 1. The first-order valence-corrected chi connectivity index (χ1v) is 7.30. The molecule has 0 aromatic heterocycles. The quantitative estimate of drug-likeness (QED) is 0.843. The predicted molar refractivity (Wildman–Crippen MR) is 79.8 cm³/mol. The summed E-state index contributed by atoms with van der Waals surface area (Å²) in [5, 5.41) is -0.0730. The predicted octanol–water partition coefficient (Wildman–Crippen LogP) is 4.45. The standard InChI is InChI=1S/C16H17F2NS/c1-10-5-3-4-6-13(10)16(11(2)19)20-15-8-7-12(17)9-14(15)18/h3-9,11,16H,19H2,1-2H3. The normalized spacial score (nSPS) is 14.1. The Morgan fingerprint density at radius 2 is 1.80 bits per heavy atom. The molecule has 0 bridgehead atoms. The Morgan fingerprint density at radius 1 is 1.10 bits per heavy atom. The molecule has 0 aliphatic rings. The van der Waals surface area contributed by atoms with E-state index in [1.54, 1.807) is 0 Å². The fourth-order valence-electron chi connectivity index (χ4n) is 2.07. The van der Waals surface area contributed by atoms with Gasteiger partial charge in [0.1, 0.15) is 11.6 Å². The number of benzene rings is 2. The van der Waals surface area contributed by atoms with E-state index in [9.17, 15) is 8.78 Å². The maximum Gasteiger partial charge on any atom is 0.139 e. The molecule has 0 aliphatic heterocycles. The average Bonchev–Trinajstić information content (AvgIpc) is 2.39. The second-order valence-electron chi connectivity index (χ2n) is 4.83. The lowest BCUT2D eigenvalue weighted by molar-refractivity contribution is 0.565. The molecule has 20 heavy (non-hydrogen) atoms. The summed E-state index contributed by atoms with van der Waals surface area (Å²) >= 11 is 1.33. The zero-order valence-corrected chi connectivity index (χ0v) is 12.3. The number of hydrogen-bond donors (Lipinski definition) is 1. The van der Waals surface area contributed by atoms with E-state index in [0.717, 1.165) is 17.2 Å². The molecule has 0 radical (unpaired) electrons. The van der Waals surface area contributed by atoms with Crippen molar-refractivity contribution < 1.29 is 8.78 Å². The van der Waals surface area contributed by atoms with Crippen molar-refractivity contribution in [2.24, 2.45) is 5.73 Å². The van der Waals surface area contributed by atoms with E-state index in [1.807, 2.05) is 38.1 Å². The first kappa shape index (κ1) is 15.0. The first-order valence-electron chi connectivity index (χ1n) is 6.42. The molecule has 4 heteroatoms. The van der Waals surface area contributed by atoms with Crippen LogP contribution in [-0.4, -0.2) is 6.04 Å². The average molecular weight is 293 g/mol. The van der Waals surface area contributed by atoms with Crippen molar-refractivity contribution in [2.75, 3.05) is 0 Å². The third kappa shape index (κ3) is 3.38. The van der Waals surface area contributed by atoms with Crippen molar-refractivity contribution in [3.8, 4) is 0 Å². The van der Waals surface area contributed by atoms with Crippen LogP contribution in [0.1, 0.15) is 23.3 Å². The second kappa shape index (κ2) is 6.37. The second-order valence-corrected chi connectivity index (χ2v) is 6.01.